The highest BCUT2D eigenvalue weighted by Gasteiger charge is 2.38. The highest BCUT2D eigenvalue weighted by Crippen LogP contribution is 2.29. The molecule has 2 aliphatic heterocycles. The van der Waals surface area contributed by atoms with Gasteiger partial charge in [-0.2, -0.15) is 0 Å². The second kappa shape index (κ2) is 5.47. The molecule has 2 aliphatic rings. The number of carbonyl (C=O) groups excluding carboxylic acids is 2. The highest BCUT2D eigenvalue weighted by atomic mass is 32.1. The smallest absolute Gasteiger partial charge is 0.229 e. The van der Waals surface area contributed by atoms with E-state index in [0.29, 0.717) is 18.1 Å². The van der Waals surface area contributed by atoms with Crippen LogP contribution in [0.15, 0.2) is 0 Å². The monoisotopic (exact) mass is 294 g/mol. The Bertz CT molecular complexity index is 524. The fourth-order valence-corrected chi connectivity index (χ4v) is 3.54. The molecule has 3 heterocycles. The molecule has 20 heavy (non-hydrogen) atoms. The molecule has 1 aromatic rings. The number of anilines is 1. The predicted octanol–water partition coefficient (Wildman–Crippen LogP) is 1.21. The van der Waals surface area contributed by atoms with Gasteiger partial charge < -0.3 is 4.90 Å². The van der Waals surface area contributed by atoms with Gasteiger partial charge in [-0.1, -0.05) is 11.3 Å². The minimum absolute atomic E-state index is 0.0171. The van der Waals surface area contributed by atoms with E-state index in [1.807, 2.05) is 11.8 Å². The van der Waals surface area contributed by atoms with Gasteiger partial charge in [-0.15, -0.1) is 10.2 Å². The Morgan fingerprint density at radius 1 is 1.25 bits per heavy atom. The van der Waals surface area contributed by atoms with Crippen LogP contribution in [0.2, 0.25) is 0 Å². The van der Waals surface area contributed by atoms with Crippen molar-refractivity contribution < 1.29 is 9.59 Å². The zero-order valence-corrected chi connectivity index (χ0v) is 12.4. The summed E-state index contributed by atoms with van der Waals surface area (Å²) in [7, 11) is 0. The summed E-state index contributed by atoms with van der Waals surface area (Å²) in [6, 6.07) is 0. The van der Waals surface area contributed by atoms with Crippen molar-refractivity contribution in [3.8, 4) is 0 Å². The lowest BCUT2D eigenvalue weighted by molar-refractivity contribution is -0.136. The van der Waals surface area contributed by atoms with Gasteiger partial charge in [0.2, 0.25) is 16.9 Å². The van der Waals surface area contributed by atoms with Crippen molar-refractivity contribution in [2.75, 3.05) is 24.5 Å². The van der Waals surface area contributed by atoms with Gasteiger partial charge in [0.15, 0.2) is 0 Å². The van der Waals surface area contributed by atoms with E-state index >= 15 is 0 Å². The molecule has 0 N–H and O–H groups in total. The van der Waals surface area contributed by atoms with Gasteiger partial charge in [0.1, 0.15) is 5.01 Å². The van der Waals surface area contributed by atoms with E-state index in [-0.39, 0.29) is 17.7 Å². The first-order chi connectivity index (χ1) is 9.65. The summed E-state index contributed by atoms with van der Waals surface area (Å²) >= 11 is 1.40. The second-order valence-corrected chi connectivity index (χ2v) is 6.56. The number of aryl methyl sites for hydroxylation is 1. The molecule has 0 spiro atoms. The topological polar surface area (TPSA) is 66.4 Å². The lowest BCUT2D eigenvalue weighted by Gasteiger charge is -2.28. The van der Waals surface area contributed by atoms with Crippen molar-refractivity contribution in [1.29, 1.82) is 0 Å². The maximum atomic E-state index is 12.4. The Morgan fingerprint density at radius 2 is 2.00 bits per heavy atom. The number of nitrogens with zero attached hydrogens (tertiary/aromatic N) is 4. The van der Waals surface area contributed by atoms with Crippen molar-refractivity contribution in [2.24, 2.45) is 5.92 Å². The van der Waals surface area contributed by atoms with Gasteiger partial charge in [-0.25, -0.2) is 0 Å². The zero-order valence-electron chi connectivity index (χ0n) is 11.5. The van der Waals surface area contributed by atoms with Crippen LogP contribution in [0.25, 0.3) is 0 Å². The van der Waals surface area contributed by atoms with Crippen LogP contribution in [0.5, 0.6) is 0 Å². The van der Waals surface area contributed by atoms with Gasteiger partial charge in [-0.3, -0.25) is 14.5 Å². The van der Waals surface area contributed by atoms with Crippen molar-refractivity contribution in [2.45, 2.75) is 32.6 Å². The van der Waals surface area contributed by atoms with Crippen molar-refractivity contribution in [1.82, 2.24) is 15.1 Å². The molecule has 1 atom stereocenters. The predicted molar refractivity (Wildman–Crippen MR) is 75.5 cm³/mol. The Morgan fingerprint density at radius 3 is 2.65 bits per heavy atom. The van der Waals surface area contributed by atoms with Gasteiger partial charge >= 0.3 is 0 Å². The third-order valence-electron chi connectivity index (χ3n) is 3.89. The summed E-state index contributed by atoms with van der Waals surface area (Å²) in [6.45, 7) is 3.98. The van der Waals surface area contributed by atoms with Gasteiger partial charge in [0.05, 0.1) is 5.92 Å². The molecular weight excluding hydrogens is 276 g/mol. The number of hydrogen-bond donors (Lipinski definition) is 0. The van der Waals surface area contributed by atoms with Crippen molar-refractivity contribution in [3.63, 3.8) is 0 Å². The lowest BCUT2D eigenvalue weighted by Crippen LogP contribution is -2.40. The van der Waals surface area contributed by atoms with Crippen LogP contribution in [0.1, 0.15) is 30.7 Å². The van der Waals surface area contributed by atoms with Crippen LogP contribution in [-0.2, 0) is 9.59 Å². The Labute approximate surface area is 121 Å². The molecule has 0 saturated carbocycles. The Hall–Kier alpha value is -1.50. The largest absolute Gasteiger partial charge is 0.342 e. The van der Waals surface area contributed by atoms with Gasteiger partial charge in [-0.05, 0) is 26.2 Å². The van der Waals surface area contributed by atoms with E-state index in [0.717, 1.165) is 30.9 Å². The number of hydrogen-bond acceptors (Lipinski definition) is 5. The highest BCUT2D eigenvalue weighted by molar-refractivity contribution is 7.15. The molecule has 7 heteroatoms. The first-order valence-electron chi connectivity index (χ1n) is 7.04. The second-order valence-electron chi connectivity index (χ2n) is 5.39. The van der Waals surface area contributed by atoms with Crippen LogP contribution < -0.4 is 4.90 Å². The molecule has 1 unspecified atom stereocenters. The molecule has 108 valence electrons. The summed E-state index contributed by atoms with van der Waals surface area (Å²) in [5.41, 5.74) is 0. The fraction of sp³-hybridized carbons (Fsp3) is 0.692. The molecule has 2 saturated heterocycles. The molecule has 6 nitrogen and oxygen atoms in total. The molecular formula is C13H18N4O2S. The van der Waals surface area contributed by atoms with Crippen LogP contribution in [-0.4, -0.2) is 46.5 Å². The lowest BCUT2D eigenvalue weighted by atomic mass is 10.0. The average Bonchev–Trinajstić information content (AvgIpc) is 3.05. The number of carbonyl (C=O) groups is 2. The Kier molecular flexibility index (Phi) is 3.69. The zero-order chi connectivity index (χ0) is 14.1. The van der Waals surface area contributed by atoms with E-state index < -0.39 is 0 Å². The standard InChI is InChI=1S/C13H18N4O2S/c1-9-14-15-13(20-9)17-8-10(7-11(17)18)12(19)16-5-3-2-4-6-16/h10H,2-8H2,1H3. The third kappa shape index (κ3) is 2.54. The summed E-state index contributed by atoms with van der Waals surface area (Å²) in [5.74, 6) is -0.108. The molecule has 1 aromatic heterocycles. The van der Waals surface area contributed by atoms with E-state index in [2.05, 4.69) is 10.2 Å². The maximum Gasteiger partial charge on any atom is 0.229 e. The number of rotatable bonds is 2. The SMILES string of the molecule is Cc1nnc(N2CC(C(=O)N3CCCCC3)CC2=O)s1. The average molecular weight is 294 g/mol. The first kappa shape index (κ1) is 13.5. The van der Waals surface area contributed by atoms with Crippen molar-refractivity contribution in [3.05, 3.63) is 5.01 Å². The first-order valence-corrected chi connectivity index (χ1v) is 7.86. The molecule has 0 radical (unpaired) electrons. The van der Waals surface area contributed by atoms with Crippen LogP contribution >= 0.6 is 11.3 Å². The maximum absolute atomic E-state index is 12.4. The fourth-order valence-electron chi connectivity index (χ4n) is 2.83. The van der Waals surface area contributed by atoms with Crippen molar-refractivity contribution >= 4 is 28.3 Å². The van der Waals surface area contributed by atoms with Gasteiger partial charge in [0.25, 0.3) is 0 Å². The van der Waals surface area contributed by atoms with E-state index in [9.17, 15) is 9.59 Å². The quantitative estimate of drug-likeness (QED) is 0.822. The molecule has 0 aliphatic carbocycles. The third-order valence-corrected chi connectivity index (χ3v) is 4.75. The summed E-state index contributed by atoms with van der Waals surface area (Å²) in [4.78, 5) is 28.0. The summed E-state index contributed by atoms with van der Waals surface area (Å²) in [6.07, 6.45) is 3.65. The molecule has 0 bridgehead atoms. The number of piperidine rings is 1. The molecule has 3 rings (SSSR count). The summed E-state index contributed by atoms with van der Waals surface area (Å²) in [5, 5.41) is 9.38. The normalized spacial score (nSPS) is 23.4. The van der Waals surface area contributed by atoms with E-state index in [1.54, 1.807) is 4.90 Å². The number of aromatic nitrogens is 2. The van der Waals surface area contributed by atoms with Crippen LogP contribution in [0.3, 0.4) is 0 Å². The molecule has 2 amide bonds. The minimum atomic E-state index is -0.218. The minimum Gasteiger partial charge on any atom is -0.342 e. The molecule has 2 fully saturated rings. The van der Waals surface area contributed by atoms with E-state index in [1.165, 1.54) is 17.8 Å². The summed E-state index contributed by atoms with van der Waals surface area (Å²) < 4.78 is 0. The molecule has 0 aromatic carbocycles. The Balaban J connectivity index is 1.68. The number of amides is 2. The van der Waals surface area contributed by atoms with E-state index in [4.69, 9.17) is 0 Å². The van der Waals surface area contributed by atoms with Gasteiger partial charge in [0, 0.05) is 26.1 Å². The van der Waals surface area contributed by atoms with Crippen LogP contribution in [0, 0.1) is 12.8 Å². The number of likely N-dealkylation sites (tertiary alicyclic amines) is 1. The van der Waals surface area contributed by atoms with Crippen LogP contribution in [0.4, 0.5) is 5.13 Å².